The summed E-state index contributed by atoms with van der Waals surface area (Å²) in [7, 11) is 0. The third kappa shape index (κ3) is 3.70. The van der Waals surface area contributed by atoms with E-state index in [1.165, 1.54) is 4.90 Å². The van der Waals surface area contributed by atoms with Crippen molar-refractivity contribution >= 4 is 23.1 Å². The number of Topliss-reactive ketones (excluding diaryl/α,β-unsaturated/α-hetero) is 1. The molecule has 1 unspecified atom stereocenters. The number of aliphatic hydroxyl groups excluding tert-OH is 1. The van der Waals surface area contributed by atoms with Gasteiger partial charge in [-0.3, -0.25) is 19.5 Å². The number of aliphatic hydroxyl groups is 1. The second kappa shape index (κ2) is 8.74. The van der Waals surface area contributed by atoms with Gasteiger partial charge in [0.05, 0.1) is 29.9 Å². The minimum absolute atomic E-state index is 0.0310. The zero-order chi connectivity index (χ0) is 22.7. The van der Waals surface area contributed by atoms with Crippen LogP contribution in [0.15, 0.2) is 78.6 Å². The maximum absolute atomic E-state index is 13.1. The van der Waals surface area contributed by atoms with Gasteiger partial charge in [-0.05, 0) is 67.1 Å². The summed E-state index contributed by atoms with van der Waals surface area (Å²) in [6, 6.07) is 17.6. The van der Waals surface area contributed by atoms with E-state index >= 15 is 0 Å². The molecule has 0 bridgehead atoms. The van der Waals surface area contributed by atoms with Gasteiger partial charge in [0.25, 0.3) is 11.7 Å². The number of rotatable bonds is 5. The Morgan fingerprint density at radius 2 is 1.84 bits per heavy atom. The quantitative estimate of drug-likeness (QED) is 0.377. The van der Waals surface area contributed by atoms with E-state index in [9.17, 15) is 14.7 Å². The number of ether oxygens (including phenoxy) is 1. The summed E-state index contributed by atoms with van der Waals surface area (Å²) >= 11 is 0. The van der Waals surface area contributed by atoms with Crippen LogP contribution in [0.5, 0.6) is 5.75 Å². The lowest BCUT2D eigenvalue weighted by atomic mass is 9.96. The molecule has 1 N–H and O–H groups in total. The van der Waals surface area contributed by atoms with Crippen molar-refractivity contribution in [2.45, 2.75) is 13.0 Å². The third-order valence-corrected chi connectivity index (χ3v) is 5.16. The van der Waals surface area contributed by atoms with Gasteiger partial charge in [0.1, 0.15) is 11.5 Å². The number of benzene rings is 2. The minimum Gasteiger partial charge on any atom is -0.507 e. The molecule has 1 aliphatic rings. The van der Waals surface area contributed by atoms with Crippen LogP contribution in [-0.4, -0.2) is 28.4 Å². The predicted molar refractivity (Wildman–Crippen MR) is 118 cm³/mol. The maximum atomic E-state index is 13.1. The van der Waals surface area contributed by atoms with Crippen LogP contribution in [0.3, 0.4) is 0 Å². The second-order valence-corrected chi connectivity index (χ2v) is 7.07. The molecular formula is C25H19N3O4. The molecule has 1 amide bonds. The SMILES string of the molecule is CCOc1ccc(/C(O)=C2/C(=O)C(=O)N(c3ccc(C#N)cc3)C2c2cccnc2)cc1. The molecule has 158 valence electrons. The molecule has 0 aliphatic carbocycles. The average molecular weight is 425 g/mol. The number of hydrogen-bond acceptors (Lipinski definition) is 6. The number of carbonyl (C=O) groups is 2. The van der Waals surface area contributed by atoms with Crippen molar-refractivity contribution in [3.63, 3.8) is 0 Å². The summed E-state index contributed by atoms with van der Waals surface area (Å²) in [6.45, 7) is 2.37. The van der Waals surface area contributed by atoms with Crippen LogP contribution < -0.4 is 9.64 Å². The van der Waals surface area contributed by atoms with Crippen LogP contribution >= 0.6 is 0 Å². The molecule has 32 heavy (non-hydrogen) atoms. The highest BCUT2D eigenvalue weighted by molar-refractivity contribution is 6.51. The van der Waals surface area contributed by atoms with Gasteiger partial charge in [-0.2, -0.15) is 5.26 Å². The smallest absolute Gasteiger partial charge is 0.300 e. The van der Waals surface area contributed by atoms with Gasteiger partial charge in [-0.15, -0.1) is 0 Å². The number of nitriles is 1. The lowest BCUT2D eigenvalue weighted by Crippen LogP contribution is -2.29. The first-order valence-electron chi connectivity index (χ1n) is 9.99. The Labute approximate surface area is 184 Å². The van der Waals surface area contributed by atoms with Crippen LogP contribution in [0.4, 0.5) is 5.69 Å². The van der Waals surface area contributed by atoms with E-state index in [1.54, 1.807) is 73.1 Å². The van der Waals surface area contributed by atoms with Gasteiger partial charge < -0.3 is 9.84 Å². The molecule has 0 saturated carbocycles. The first-order valence-corrected chi connectivity index (χ1v) is 9.99. The van der Waals surface area contributed by atoms with Crippen LogP contribution in [0.1, 0.15) is 29.7 Å². The van der Waals surface area contributed by atoms with Crippen molar-refractivity contribution in [1.82, 2.24) is 4.98 Å². The first-order chi connectivity index (χ1) is 15.5. The van der Waals surface area contributed by atoms with Crippen molar-refractivity contribution in [1.29, 1.82) is 5.26 Å². The highest BCUT2D eigenvalue weighted by Crippen LogP contribution is 2.42. The largest absolute Gasteiger partial charge is 0.507 e. The topological polar surface area (TPSA) is 104 Å². The lowest BCUT2D eigenvalue weighted by Gasteiger charge is -2.25. The molecule has 0 radical (unpaired) electrons. The molecule has 7 heteroatoms. The number of anilines is 1. The van der Waals surface area contributed by atoms with Gasteiger partial charge in [0.2, 0.25) is 0 Å². The molecule has 1 saturated heterocycles. The Balaban J connectivity index is 1.86. The highest BCUT2D eigenvalue weighted by Gasteiger charge is 2.47. The minimum atomic E-state index is -0.872. The molecule has 2 heterocycles. The normalized spacial score (nSPS) is 17.2. The summed E-state index contributed by atoms with van der Waals surface area (Å²) in [5.74, 6) is -1.21. The zero-order valence-electron chi connectivity index (χ0n) is 17.2. The van der Waals surface area contributed by atoms with Gasteiger partial charge in [0, 0.05) is 23.6 Å². The molecule has 1 fully saturated rings. The summed E-state index contributed by atoms with van der Waals surface area (Å²) in [5, 5.41) is 20.2. The number of amides is 1. The Bertz CT molecular complexity index is 1230. The Morgan fingerprint density at radius 3 is 2.44 bits per heavy atom. The van der Waals surface area contributed by atoms with Crippen LogP contribution in [0, 0.1) is 11.3 Å². The number of carbonyl (C=O) groups excluding carboxylic acids is 2. The summed E-state index contributed by atoms with van der Waals surface area (Å²) in [4.78, 5) is 31.6. The third-order valence-electron chi connectivity index (χ3n) is 5.16. The van der Waals surface area contributed by atoms with E-state index < -0.39 is 17.7 Å². The predicted octanol–water partition coefficient (Wildman–Crippen LogP) is 3.98. The van der Waals surface area contributed by atoms with Crippen molar-refractivity contribution in [3.8, 4) is 11.8 Å². The van der Waals surface area contributed by atoms with Crippen LogP contribution in [0.2, 0.25) is 0 Å². The molecular weight excluding hydrogens is 406 g/mol. The highest BCUT2D eigenvalue weighted by atomic mass is 16.5. The van der Waals surface area contributed by atoms with Gasteiger partial charge >= 0.3 is 0 Å². The van der Waals surface area contributed by atoms with E-state index in [2.05, 4.69) is 4.98 Å². The first kappa shape index (κ1) is 20.8. The van der Waals surface area contributed by atoms with E-state index in [0.29, 0.717) is 34.7 Å². The van der Waals surface area contributed by atoms with Gasteiger partial charge in [0.15, 0.2) is 0 Å². The molecule has 1 aromatic heterocycles. The Hall–Kier alpha value is -4.44. The molecule has 2 aromatic carbocycles. The average Bonchev–Trinajstić information content (AvgIpc) is 3.10. The second-order valence-electron chi connectivity index (χ2n) is 7.07. The molecule has 1 atom stereocenters. The fraction of sp³-hybridized carbons (Fsp3) is 0.120. The summed E-state index contributed by atoms with van der Waals surface area (Å²) < 4.78 is 5.43. The number of pyridine rings is 1. The Morgan fingerprint density at radius 1 is 1.12 bits per heavy atom. The van der Waals surface area contributed by atoms with Crippen molar-refractivity contribution in [2.24, 2.45) is 0 Å². The van der Waals surface area contributed by atoms with Gasteiger partial charge in [-0.25, -0.2) is 0 Å². The summed E-state index contributed by atoms with van der Waals surface area (Å²) in [5.41, 5.74) is 1.79. The molecule has 0 spiro atoms. The Kier molecular flexibility index (Phi) is 5.69. The monoisotopic (exact) mass is 425 g/mol. The van der Waals surface area contributed by atoms with E-state index in [1.807, 2.05) is 13.0 Å². The van der Waals surface area contributed by atoms with Crippen molar-refractivity contribution < 1.29 is 19.4 Å². The number of nitrogens with zero attached hydrogens (tertiary/aromatic N) is 3. The lowest BCUT2D eigenvalue weighted by molar-refractivity contribution is -0.132. The van der Waals surface area contributed by atoms with Crippen molar-refractivity contribution in [2.75, 3.05) is 11.5 Å². The fourth-order valence-corrected chi connectivity index (χ4v) is 3.68. The van der Waals surface area contributed by atoms with E-state index in [4.69, 9.17) is 10.00 Å². The van der Waals surface area contributed by atoms with E-state index in [-0.39, 0.29) is 11.3 Å². The molecule has 1 aliphatic heterocycles. The van der Waals surface area contributed by atoms with Crippen molar-refractivity contribution in [3.05, 3.63) is 95.3 Å². The standard InChI is InChI=1S/C25H19N3O4/c1-2-32-20-11-7-17(8-12-20)23(29)21-22(18-4-3-13-27-15-18)28(25(31)24(21)30)19-9-5-16(14-26)6-10-19/h3-13,15,22,29H,2H2,1H3/b23-21-. The fourth-order valence-electron chi connectivity index (χ4n) is 3.68. The molecule has 3 aromatic rings. The van der Waals surface area contributed by atoms with Crippen LogP contribution in [-0.2, 0) is 9.59 Å². The molecule has 7 nitrogen and oxygen atoms in total. The zero-order valence-corrected chi connectivity index (χ0v) is 17.2. The molecule has 4 rings (SSSR count). The number of aromatic nitrogens is 1. The maximum Gasteiger partial charge on any atom is 0.300 e. The van der Waals surface area contributed by atoms with E-state index in [0.717, 1.165) is 0 Å². The number of ketones is 1. The van der Waals surface area contributed by atoms with Gasteiger partial charge in [-0.1, -0.05) is 6.07 Å². The van der Waals surface area contributed by atoms with Crippen LogP contribution in [0.25, 0.3) is 5.76 Å². The summed E-state index contributed by atoms with van der Waals surface area (Å²) in [6.07, 6.45) is 3.14. The number of hydrogen-bond donors (Lipinski definition) is 1.